The van der Waals surface area contributed by atoms with Crippen molar-refractivity contribution in [3.05, 3.63) is 60.4 Å². The monoisotopic (exact) mass is 331 g/mol. The number of nitrogens with one attached hydrogen (secondary N) is 1. The van der Waals surface area contributed by atoms with Gasteiger partial charge in [0.2, 0.25) is 0 Å². The normalized spacial score (nSPS) is 10.8. The summed E-state index contributed by atoms with van der Waals surface area (Å²) in [6.45, 7) is 0. The van der Waals surface area contributed by atoms with Crippen molar-refractivity contribution in [2.45, 2.75) is 0 Å². The quantitative estimate of drug-likeness (QED) is 0.617. The maximum atomic E-state index is 12.5. The standard InChI is InChI=1S/C17H13N7O/c1-24-16(21-22-23-24)11-5-4-6-12(9-11)19-17(25)15-10-18-13-7-2-3-8-14(13)20-15/h2-10H,1H3,(H,19,25). The third-order valence-electron chi connectivity index (χ3n) is 3.68. The van der Waals surface area contributed by atoms with Gasteiger partial charge in [0.15, 0.2) is 5.82 Å². The van der Waals surface area contributed by atoms with Crippen molar-refractivity contribution in [2.75, 3.05) is 5.32 Å². The molecule has 8 heteroatoms. The lowest BCUT2D eigenvalue weighted by Crippen LogP contribution is -2.14. The van der Waals surface area contributed by atoms with Crippen molar-refractivity contribution in [3.8, 4) is 11.4 Å². The van der Waals surface area contributed by atoms with Crippen LogP contribution in [0.25, 0.3) is 22.4 Å². The zero-order chi connectivity index (χ0) is 17.2. The zero-order valence-corrected chi connectivity index (χ0v) is 13.3. The van der Waals surface area contributed by atoms with E-state index in [9.17, 15) is 4.79 Å². The molecule has 0 unspecified atom stereocenters. The molecule has 2 aromatic heterocycles. The molecule has 4 aromatic rings. The average Bonchev–Trinajstić information content (AvgIpc) is 3.07. The van der Waals surface area contributed by atoms with Crippen LogP contribution < -0.4 is 5.32 Å². The van der Waals surface area contributed by atoms with Gasteiger partial charge in [-0.25, -0.2) is 9.67 Å². The van der Waals surface area contributed by atoms with E-state index in [0.717, 1.165) is 11.1 Å². The first kappa shape index (κ1) is 14.9. The molecule has 0 saturated carbocycles. The van der Waals surface area contributed by atoms with E-state index in [4.69, 9.17) is 0 Å². The zero-order valence-electron chi connectivity index (χ0n) is 13.3. The smallest absolute Gasteiger partial charge is 0.275 e. The van der Waals surface area contributed by atoms with E-state index >= 15 is 0 Å². The molecule has 2 heterocycles. The Balaban J connectivity index is 1.61. The van der Waals surface area contributed by atoms with Crippen molar-refractivity contribution in [1.29, 1.82) is 0 Å². The molecule has 0 saturated heterocycles. The summed E-state index contributed by atoms with van der Waals surface area (Å²) < 4.78 is 1.57. The van der Waals surface area contributed by atoms with Crippen LogP contribution in [0.15, 0.2) is 54.7 Å². The second-order valence-electron chi connectivity index (χ2n) is 5.40. The summed E-state index contributed by atoms with van der Waals surface area (Å²) in [5.41, 5.74) is 3.10. The minimum atomic E-state index is -0.327. The van der Waals surface area contributed by atoms with Gasteiger partial charge in [-0.05, 0) is 34.7 Å². The summed E-state index contributed by atoms with van der Waals surface area (Å²) in [5.74, 6) is 0.285. The van der Waals surface area contributed by atoms with E-state index in [1.165, 1.54) is 6.20 Å². The minimum absolute atomic E-state index is 0.254. The molecule has 4 rings (SSSR count). The van der Waals surface area contributed by atoms with Gasteiger partial charge in [0.25, 0.3) is 5.91 Å². The maximum Gasteiger partial charge on any atom is 0.275 e. The summed E-state index contributed by atoms with van der Waals surface area (Å²) in [7, 11) is 1.76. The van der Waals surface area contributed by atoms with E-state index in [0.29, 0.717) is 17.0 Å². The second-order valence-corrected chi connectivity index (χ2v) is 5.40. The summed E-state index contributed by atoms with van der Waals surface area (Å²) in [5, 5.41) is 14.2. The van der Waals surface area contributed by atoms with Crippen LogP contribution in [-0.2, 0) is 7.05 Å². The molecule has 0 radical (unpaired) electrons. The highest BCUT2D eigenvalue weighted by Gasteiger charge is 2.11. The number of aromatic nitrogens is 6. The highest BCUT2D eigenvalue weighted by Crippen LogP contribution is 2.20. The highest BCUT2D eigenvalue weighted by molar-refractivity contribution is 6.03. The first-order chi connectivity index (χ1) is 12.2. The largest absolute Gasteiger partial charge is 0.321 e. The maximum absolute atomic E-state index is 12.5. The molecule has 0 bridgehead atoms. The molecule has 0 aliphatic rings. The molecule has 0 spiro atoms. The van der Waals surface area contributed by atoms with Gasteiger partial charge in [-0.2, -0.15) is 0 Å². The number of anilines is 1. The Morgan fingerprint density at radius 2 is 1.92 bits per heavy atom. The predicted octanol–water partition coefficient (Wildman–Crippen LogP) is 2.07. The number of fused-ring (bicyclic) bond motifs is 1. The van der Waals surface area contributed by atoms with Crippen molar-refractivity contribution in [1.82, 2.24) is 30.2 Å². The van der Waals surface area contributed by atoms with Crippen molar-refractivity contribution in [2.24, 2.45) is 7.05 Å². The number of aryl methyl sites for hydroxylation is 1. The Hall–Kier alpha value is -3.68. The molecule has 0 atom stereocenters. The summed E-state index contributed by atoms with van der Waals surface area (Å²) in [6, 6.07) is 14.7. The SMILES string of the molecule is Cn1nnnc1-c1cccc(NC(=O)c2cnc3ccccc3n2)c1. The molecule has 0 aliphatic carbocycles. The third-order valence-corrected chi connectivity index (χ3v) is 3.68. The lowest BCUT2D eigenvalue weighted by Gasteiger charge is -2.07. The Labute approximate surface area is 142 Å². The van der Waals surface area contributed by atoms with E-state index in [2.05, 4.69) is 30.8 Å². The van der Waals surface area contributed by atoms with Crippen molar-refractivity contribution >= 4 is 22.6 Å². The van der Waals surface area contributed by atoms with Crippen LogP contribution in [0.5, 0.6) is 0 Å². The number of carbonyl (C=O) groups is 1. The van der Waals surface area contributed by atoms with E-state index in [-0.39, 0.29) is 11.6 Å². The Kier molecular flexibility index (Phi) is 3.62. The summed E-state index contributed by atoms with van der Waals surface area (Å²) in [4.78, 5) is 21.1. The number of carbonyl (C=O) groups excluding carboxylic acids is 1. The number of amides is 1. The molecular formula is C17H13N7O. The van der Waals surface area contributed by atoms with Crippen LogP contribution in [-0.4, -0.2) is 36.1 Å². The van der Waals surface area contributed by atoms with Gasteiger partial charge in [-0.15, -0.1) is 5.10 Å². The molecule has 1 N–H and O–H groups in total. The number of tetrazole rings is 1. The van der Waals surface area contributed by atoms with E-state index in [1.54, 1.807) is 23.9 Å². The molecule has 122 valence electrons. The van der Waals surface area contributed by atoms with Crippen LogP contribution >= 0.6 is 0 Å². The van der Waals surface area contributed by atoms with Crippen molar-refractivity contribution < 1.29 is 4.79 Å². The van der Waals surface area contributed by atoms with Gasteiger partial charge in [-0.3, -0.25) is 9.78 Å². The van der Waals surface area contributed by atoms with Crippen LogP contribution in [0.1, 0.15) is 10.5 Å². The number of hydrogen-bond donors (Lipinski definition) is 1. The van der Waals surface area contributed by atoms with E-state index in [1.807, 2.05) is 36.4 Å². The molecule has 2 aromatic carbocycles. The Morgan fingerprint density at radius 1 is 1.08 bits per heavy atom. The van der Waals surface area contributed by atoms with Crippen molar-refractivity contribution in [3.63, 3.8) is 0 Å². The number of hydrogen-bond acceptors (Lipinski definition) is 6. The number of rotatable bonds is 3. The van der Waals surface area contributed by atoms with Gasteiger partial charge in [0.05, 0.1) is 17.2 Å². The topological polar surface area (TPSA) is 98.5 Å². The van der Waals surface area contributed by atoms with Crippen LogP contribution in [0.2, 0.25) is 0 Å². The fourth-order valence-electron chi connectivity index (χ4n) is 2.47. The van der Waals surface area contributed by atoms with Gasteiger partial charge < -0.3 is 5.32 Å². The lowest BCUT2D eigenvalue weighted by molar-refractivity contribution is 0.102. The molecular weight excluding hydrogens is 318 g/mol. The molecule has 8 nitrogen and oxygen atoms in total. The van der Waals surface area contributed by atoms with Gasteiger partial charge in [0, 0.05) is 18.3 Å². The Bertz CT molecular complexity index is 1070. The van der Waals surface area contributed by atoms with E-state index < -0.39 is 0 Å². The fourth-order valence-corrected chi connectivity index (χ4v) is 2.47. The summed E-state index contributed by atoms with van der Waals surface area (Å²) >= 11 is 0. The summed E-state index contributed by atoms with van der Waals surface area (Å²) in [6.07, 6.45) is 1.47. The third kappa shape index (κ3) is 2.92. The van der Waals surface area contributed by atoms with Gasteiger partial charge in [0.1, 0.15) is 5.69 Å². The molecule has 25 heavy (non-hydrogen) atoms. The van der Waals surface area contributed by atoms with Gasteiger partial charge in [-0.1, -0.05) is 24.3 Å². The lowest BCUT2D eigenvalue weighted by atomic mass is 10.2. The number of benzene rings is 2. The minimum Gasteiger partial charge on any atom is -0.321 e. The number of para-hydroxylation sites is 2. The second kappa shape index (κ2) is 6.08. The van der Waals surface area contributed by atoms with Crippen LogP contribution in [0.3, 0.4) is 0 Å². The Morgan fingerprint density at radius 3 is 2.72 bits per heavy atom. The average molecular weight is 331 g/mol. The highest BCUT2D eigenvalue weighted by atomic mass is 16.1. The first-order valence-electron chi connectivity index (χ1n) is 7.56. The van der Waals surface area contributed by atoms with Crippen LogP contribution in [0, 0.1) is 0 Å². The number of nitrogens with zero attached hydrogens (tertiary/aromatic N) is 6. The first-order valence-corrected chi connectivity index (χ1v) is 7.56. The fraction of sp³-hybridized carbons (Fsp3) is 0.0588. The molecule has 0 aliphatic heterocycles. The predicted molar refractivity (Wildman–Crippen MR) is 91.7 cm³/mol. The van der Waals surface area contributed by atoms with Crippen LogP contribution in [0.4, 0.5) is 5.69 Å². The molecule has 0 fully saturated rings. The molecule has 1 amide bonds. The van der Waals surface area contributed by atoms with Gasteiger partial charge >= 0.3 is 0 Å².